The number of hydrogen-bond donors (Lipinski definition) is 4. The fourth-order valence-electron chi connectivity index (χ4n) is 3.48. The van der Waals surface area contributed by atoms with Crippen LogP contribution in [0.4, 0.5) is 0 Å². The van der Waals surface area contributed by atoms with Gasteiger partial charge in [0.05, 0.1) is 37.6 Å². The zero-order chi connectivity index (χ0) is 23.0. The van der Waals surface area contributed by atoms with Crippen LogP contribution in [-0.2, 0) is 17.8 Å². The van der Waals surface area contributed by atoms with Gasteiger partial charge in [-0.2, -0.15) is 0 Å². The van der Waals surface area contributed by atoms with Gasteiger partial charge in [-0.05, 0) is 6.92 Å². The molecule has 0 aromatic carbocycles. The number of nitrogens with zero attached hydrogens (tertiary/aromatic N) is 5. The largest absolute Gasteiger partial charge is 0.394 e. The molecule has 3 atom stereocenters. The number of aromatic nitrogens is 7. The lowest BCUT2D eigenvalue weighted by Gasteiger charge is -2.15. The van der Waals surface area contributed by atoms with Crippen molar-refractivity contribution in [2.45, 2.75) is 44.9 Å². The molecule has 1 saturated heterocycles. The van der Waals surface area contributed by atoms with Gasteiger partial charge in [0.1, 0.15) is 18.0 Å². The van der Waals surface area contributed by atoms with E-state index in [4.69, 9.17) is 4.74 Å². The van der Waals surface area contributed by atoms with Crippen molar-refractivity contribution in [1.82, 2.24) is 34.1 Å². The summed E-state index contributed by atoms with van der Waals surface area (Å²) in [4.78, 5) is 52.3. The molecule has 4 N–H and O–H groups in total. The molecule has 32 heavy (non-hydrogen) atoms. The molecular formula is C18H21N7O7. The second-order valence-corrected chi connectivity index (χ2v) is 7.54. The molecule has 4 rings (SSSR count). The highest BCUT2D eigenvalue weighted by molar-refractivity contribution is 5.08. The molecule has 14 nitrogen and oxygen atoms in total. The van der Waals surface area contributed by atoms with Crippen molar-refractivity contribution in [3.8, 4) is 0 Å². The fraction of sp³-hybridized carbons (Fsp3) is 0.444. The molecule has 1 aliphatic rings. The first-order chi connectivity index (χ1) is 15.2. The van der Waals surface area contributed by atoms with E-state index in [1.54, 1.807) is 6.92 Å². The minimum atomic E-state index is -0.940. The Morgan fingerprint density at radius 2 is 1.84 bits per heavy atom. The summed E-state index contributed by atoms with van der Waals surface area (Å²) in [5, 5.41) is 27.1. The van der Waals surface area contributed by atoms with Gasteiger partial charge < -0.3 is 14.9 Å². The smallest absolute Gasteiger partial charge is 0.330 e. The van der Waals surface area contributed by atoms with Crippen LogP contribution in [0.3, 0.4) is 0 Å². The predicted octanol–water partition coefficient (Wildman–Crippen LogP) is -2.98. The SMILES string of the molecule is Cc1cn(Cc2cn(Cc3cn([C@H]4C[C@H](O)[C@@H](CO)O4)c(=O)[nH]c3=O)nn2)c(=O)[nH]c1=O. The average Bonchev–Trinajstić information content (AvgIpc) is 3.34. The van der Waals surface area contributed by atoms with Gasteiger partial charge in [-0.3, -0.25) is 28.7 Å². The van der Waals surface area contributed by atoms with E-state index in [9.17, 15) is 29.4 Å². The lowest BCUT2D eigenvalue weighted by atomic mass is 10.2. The van der Waals surface area contributed by atoms with Crippen molar-refractivity contribution in [2.24, 2.45) is 0 Å². The Morgan fingerprint density at radius 1 is 1.09 bits per heavy atom. The van der Waals surface area contributed by atoms with Gasteiger partial charge in [0.2, 0.25) is 0 Å². The van der Waals surface area contributed by atoms with Crippen LogP contribution in [0.15, 0.2) is 37.8 Å². The molecule has 0 saturated carbocycles. The Hall–Kier alpha value is -3.62. The molecule has 0 amide bonds. The van der Waals surface area contributed by atoms with Crippen LogP contribution in [0.5, 0.6) is 0 Å². The van der Waals surface area contributed by atoms with E-state index in [-0.39, 0.29) is 25.1 Å². The van der Waals surface area contributed by atoms with Gasteiger partial charge in [0.25, 0.3) is 11.1 Å². The van der Waals surface area contributed by atoms with Crippen LogP contribution in [0, 0.1) is 6.92 Å². The lowest BCUT2D eigenvalue weighted by molar-refractivity contribution is -0.0460. The van der Waals surface area contributed by atoms with Gasteiger partial charge in [-0.25, -0.2) is 14.3 Å². The molecule has 4 heterocycles. The van der Waals surface area contributed by atoms with E-state index in [0.717, 1.165) is 4.57 Å². The monoisotopic (exact) mass is 447 g/mol. The first-order valence-corrected chi connectivity index (χ1v) is 9.73. The van der Waals surface area contributed by atoms with E-state index in [2.05, 4.69) is 20.3 Å². The minimum Gasteiger partial charge on any atom is -0.394 e. The van der Waals surface area contributed by atoms with Crippen molar-refractivity contribution in [3.63, 3.8) is 0 Å². The van der Waals surface area contributed by atoms with E-state index >= 15 is 0 Å². The number of ether oxygens (including phenoxy) is 1. The summed E-state index contributed by atoms with van der Waals surface area (Å²) >= 11 is 0. The van der Waals surface area contributed by atoms with Gasteiger partial charge >= 0.3 is 11.4 Å². The summed E-state index contributed by atoms with van der Waals surface area (Å²) in [6.45, 7) is 1.20. The number of aliphatic hydroxyl groups is 2. The van der Waals surface area contributed by atoms with Gasteiger partial charge in [0.15, 0.2) is 0 Å². The Morgan fingerprint density at radius 3 is 2.56 bits per heavy atom. The number of H-pyrrole nitrogens is 2. The maximum atomic E-state index is 12.3. The number of aliphatic hydroxyl groups excluding tert-OH is 2. The number of aromatic amines is 2. The van der Waals surface area contributed by atoms with Crippen molar-refractivity contribution >= 4 is 0 Å². The lowest BCUT2D eigenvalue weighted by Crippen LogP contribution is -2.35. The molecule has 0 aliphatic carbocycles. The van der Waals surface area contributed by atoms with E-state index in [1.807, 2.05) is 0 Å². The van der Waals surface area contributed by atoms with Crippen molar-refractivity contribution in [2.75, 3.05) is 6.61 Å². The van der Waals surface area contributed by atoms with Crippen LogP contribution < -0.4 is 22.5 Å². The first kappa shape index (κ1) is 21.6. The fourth-order valence-corrected chi connectivity index (χ4v) is 3.48. The zero-order valence-electron chi connectivity index (χ0n) is 17.0. The third-order valence-electron chi connectivity index (χ3n) is 5.18. The van der Waals surface area contributed by atoms with E-state index in [1.165, 1.54) is 27.8 Å². The molecule has 1 fully saturated rings. The summed E-state index contributed by atoms with van der Waals surface area (Å²) in [5.74, 6) is 0. The maximum absolute atomic E-state index is 12.3. The molecular weight excluding hydrogens is 426 g/mol. The molecule has 0 radical (unpaired) electrons. The maximum Gasteiger partial charge on any atom is 0.330 e. The summed E-state index contributed by atoms with van der Waals surface area (Å²) in [7, 11) is 0. The predicted molar refractivity (Wildman–Crippen MR) is 107 cm³/mol. The summed E-state index contributed by atoms with van der Waals surface area (Å²) < 4.78 is 9.27. The highest BCUT2D eigenvalue weighted by atomic mass is 16.5. The van der Waals surface area contributed by atoms with Crippen LogP contribution in [0.2, 0.25) is 0 Å². The van der Waals surface area contributed by atoms with Crippen molar-refractivity contribution < 1.29 is 14.9 Å². The highest BCUT2D eigenvalue weighted by Crippen LogP contribution is 2.27. The van der Waals surface area contributed by atoms with Crippen LogP contribution in [-0.4, -0.2) is 63.1 Å². The van der Waals surface area contributed by atoms with Gasteiger partial charge in [0, 0.05) is 24.4 Å². The second-order valence-electron chi connectivity index (χ2n) is 7.54. The number of hydrogen-bond acceptors (Lipinski definition) is 9. The van der Waals surface area contributed by atoms with Crippen molar-refractivity contribution in [1.29, 1.82) is 0 Å². The van der Waals surface area contributed by atoms with Gasteiger partial charge in [-0.15, -0.1) is 5.10 Å². The topological polar surface area (TPSA) is 190 Å². The van der Waals surface area contributed by atoms with Crippen molar-refractivity contribution in [3.05, 3.63) is 77.1 Å². The molecule has 0 spiro atoms. The first-order valence-electron chi connectivity index (χ1n) is 9.73. The minimum absolute atomic E-state index is 0.0269. The number of rotatable bonds is 6. The Kier molecular flexibility index (Phi) is 5.73. The molecule has 0 bridgehead atoms. The molecule has 3 aromatic rings. The van der Waals surface area contributed by atoms with E-state index in [0.29, 0.717) is 11.3 Å². The van der Waals surface area contributed by atoms with Crippen LogP contribution in [0.25, 0.3) is 0 Å². The van der Waals surface area contributed by atoms with Gasteiger partial charge in [-0.1, -0.05) is 5.21 Å². The normalized spacial score (nSPS) is 20.7. The Labute approximate surface area is 178 Å². The standard InChI is InChI=1S/C18H21N7O7/c1-9-3-23(17(30)19-15(9)28)6-11-7-24(22-21-11)4-10-5-25(18(31)20-16(10)29)14-2-12(27)13(8-26)32-14/h3,5,7,12-14,26-27H,2,4,6,8H2,1H3,(H,19,28,30)(H,20,29,31)/t12-,13+,14+/m0/s1. The molecule has 3 aromatic heterocycles. The molecule has 14 heteroatoms. The zero-order valence-corrected chi connectivity index (χ0v) is 17.0. The number of aryl methyl sites for hydroxylation is 1. The Balaban J connectivity index is 1.55. The number of nitrogens with one attached hydrogen (secondary N) is 2. The van der Waals surface area contributed by atoms with Crippen LogP contribution >= 0.6 is 0 Å². The van der Waals surface area contributed by atoms with E-state index < -0.39 is 47.5 Å². The van der Waals surface area contributed by atoms with Crippen LogP contribution in [0.1, 0.15) is 29.5 Å². The summed E-state index contributed by atoms with van der Waals surface area (Å²) in [6, 6.07) is 0. The summed E-state index contributed by atoms with van der Waals surface area (Å²) in [6.07, 6.45) is 1.74. The highest BCUT2D eigenvalue weighted by Gasteiger charge is 2.35. The quantitative estimate of drug-likeness (QED) is 0.305. The Bertz CT molecular complexity index is 1370. The molecule has 0 unspecified atom stereocenters. The third kappa shape index (κ3) is 4.23. The second kappa shape index (κ2) is 8.49. The molecule has 170 valence electrons. The average molecular weight is 447 g/mol. The summed E-state index contributed by atoms with van der Waals surface area (Å²) in [5.41, 5.74) is -1.41. The molecule has 1 aliphatic heterocycles. The third-order valence-corrected chi connectivity index (χ3v) is 5.18.